The molecule has 2 rings (SSSR count). The number of esters is 1. The number of benzene rings is 2. The Kier molecular flexibility index (Phi) is 9.69. The van der Waals surface area contributed by atoms with E-state index in [0.29, 0.717) is 22.6 Å². The zero-order chi connectivity index (χ0) is 26.4. The molecule has 3 N–H and O–H groups in total. The molecule has 2 aromatic carbocycles. The molecule has 0 aliphatic carbocycles. The van der Waals surface area contributed by atoms with E-state index in [-0.39, 0.29) is 18.8 Å². The van der Waals surface area contributed by atoms with E-state index in [1.165, 1.54) is 12.1 Å². The van der Waals surface area contributed by atoms with Crippen LogP contribution in [-0.2, 0) is 20.7 Å². The molecule has 0 spiro atoms. The van der Waals surface area contributed by atoms with Gasteiger partial charge in [0.1, 0.15) is 11.4 Å². The minimum Gasteiger partial charge on any atom is -0.466 e. The molecule has 0 fully saturated rings. The van der Waals surface area contributed by atoms with Crippen molar-refractivity contribution in [1.29, 1.82) is 0 Å². The van der Waals surface area contributed by atoms with Crippen molar-refractivity contribution in [3.05, 3.63) is 58.9 Å². The fourth-order valence-corrected chi connectivity index (χ4v) is 3.89. The molecule has 0 aromatic heterocycles. The predicted molar refractivity (Wildman–Crippen MR) is 137 cm³/mol. The molecular weight excluding hydrogens is 471 g/mol. The molecule has 6 nitrogen and oxygen atoms in total. The van der Waals surface area contributed by atoms with Gasteiger partial charge in [0.25, 0.3) is 0 Å². The smallest absolute Gasteiger partial charge is 0.407 e. The molecule has 0 unspecified atom stereocenters. The number of ether oxygens (including phenoxy) is 2. The first-order chi connectivity index (χ1) is 16.2. The number of alkyl carbamates (subject to hydrolysis) is 1. The molecule has 0 aliphatic rings. The lowest BCUT2D eigenvalue weighted by atomic mass is 9.82. The van der Waals surface area contributed by atoms with E-state index in [9.17, 15) is 14.0 Å². The summed E-state index contributed by atoms with van der Waals surface area (Å²) in [5, 5.41) is 3.33. The van der Waals surface area contributed by atoms with E-state index in [2.05, 4.69) is 5.32 Å². The Labute approximate surface area is 212 Å². The summed E-state index contributed by atoms with van der Waals surface area (Å²) in [5.74, 6) is -1.43. The summed E-state index contributed by atoms with van der Waals surface area (Å²) < 4.78 is 24.9. The van der Waals surface area contributed by atoms with E-state index in [0.717, 1.165) is 5.56 Å². The van der Waals surface area contributed by atoms with Crippen LogP contribution in [0, 0.1) is 11.7 Å². The van der Waals surface area contributed by atoms with Gasteiger partial charge in [0.15, 0.2) is 0 Å². The van der Waals surface area contributed by atoms with E-state index in [4.69, 9.17) is 26.8 Å². The second-order valence-electron chi connectivity index (χ2n) is 10.2. The highest BCUT2D eigenvalue weighted by Crippen LogP contribution is 2.28. The number of carbonyl (C=O) groups excluding carboxylic acids is 2. The molecule has 0 saturated heterocycles. The van der Waals surface area contributed by atoms with E-state index < -0.39 is 35.2 Å². The maximum Gasteiger partial charge on any atom is 0.407 e. The number of hydrogen-bond acceptors (Lipinski definition) is 5. The molecule has 192 valence electrons. The fraction of sp³-hybridized carbons (Fsp3) is 0.481. The Bertz CT molecular complexity index is 1010. The minimum absolute atomic E-state index is 0.233. The zero-order valence-electron chi connectivity index (χ0n) is 21.3. The standard InChI is InChI=1S/C27H36ClFN2O4/c1-7-34-24(32)22(27(5,6)30)16-20(31-25(33)35-26(2,3)4)14-17-8-10-18(11-9-17)21-15-19(28)12-13-23(21)29/h8-13,15,20,22H,7,14,16,30H2,1-6H3,(H,31,33)/t20-,22-/m1/s1. The molecule has 35 heavy (non-hydrogen) atoms. The second kappa shape index (κ2) is 11.9. The summed E-state index contributed by atoms with van der Waals surface area (Å²) in [5.41, 5.74) is 6.73. The first-order valence-corrected chi connectivity index (χ1v) is 12.1. The Morgan fingerprint density at radius 2 is 1.71 bits per heavy atom. The maximum atomic E-state index is 14.3. The number of hydrogen-bond donors (Lipinski definition) is 2. The van der Waals surface area contributed by atoms with Crippen LogP contribution < -0.4 is 11.1 Å². The first kappa shape index (κ1) is 28.6. The fourth-order valence-electron chi connectivity index (χ4n) is 3.72. The van der Waals surface area contributed by atoms with Gasteiger partial charge in [-0.1, -0.05) is 35.9 Å². The van der Waals surface area contributed by atoms with Crippen molar-refractivity contribution < 1.29 is 23.5 Å². The van der Waals surface area contributed by atoms with Crippen molar-refractivity contribution in [2.75, 3.05) is 6.61 Å². The summed E-state index contributed by atoms with van der Waals surface area (Å²) in [7, 11) is 0. The van der Waals surface area contributed by atoms with Gasteiger partial charge in [-0.2, -0.15) is 0 Å². The molecule has 0 radical (unpaired) electrons. The monoisotopic (exact) mass is 506 g/mol. The molecule has 0 saturated carbocycles. The van der Waals surface area contributed by atoms with Gasteiger partial charge in [0.05, 0.1) is 12.5 Å². The maximum absolute atomic E-state index is 14.3. The number of rotatable bonds is 9. The zero-order valence-corrected chi connectivity index (χ0v) is 22.0. The van der Waals surface area contributed by atoms with Crippen LogP contribution in [0.3, 0.4) is 0 Å². The number of amides is 1. The van der Waals surface area contributed by atoms with Gasteiger partial charge >= 0.3 is 12.1 Å². The average molecular weight is 507 g/mol. The highest BCUT2D eigenvalue weighted by Gasteiger charge is 2.36. The van der Waals surface area contributed by atoms with Crippen molar-refractivity contribution in [1.82, 2.24) is 5.32 Å². The van der Waals surface area contributed by atoms with E-state index in [1.54, 1.807) is 59.7 Å². The third kappa shape index (κ3) is 9.15. The van der Waals surface area contributed by atoms with Crippen LogP contribution in [0.25, 0.3) is 11.1 Å². The van der Waals surface area contributed by atoms with Crippen LogP contribution in [0.15, 0.2) is 42.5 Å². The van der Waals surface area contributed by atoms with E-state index in [1.807, 2.05) is 12.1 Å². The molecule has 2 atom stereocenters. The summed E-state index contributed by atoms with van der Waals surface area (Å²) >= 11 is 6.03. The van der Waals surface area contributed by atoms with Crippen LogP contribution in [0.2, 0.25) is 5.02 Å². The van der Waals surface area contributed by atoms with Crippen LogP contribution in [0.5, 0.6) is 0 Å². The minimum atomic E-state index is -0.867. The number of nitrogens with one attached hydrogen (secondary N) is 1. The summed E-state index contributed by atoms with van der Waals surface area (Å²) in [4.78, 5) is 25.2. The van der Waals surface area contributed by atoms with Gasteiger partial charge in [-0.25, -0.2) is 9.18 Å². The van der Waals surface area contributed by atoms with Crippen LogP contribution in [-0.4, -0.2) is 35.9 Å². The molecule has 2 aromatic rings. The second-order valence-corrected chi connectivity index (χ2v) is 10.7. The lowest BCUT2D eigenvalue weighted by molar-refractivity contribution is -0.150. The third-order valence-corrected chi connectivity index (χ3v) is 5.62. The summed E-state index contributed by atoms with van der Waals surface area (Å²) in [6.45, 7) is 10.8. The Hall–Kier alpha value is -2.64. The van der Waals surface area contributed by atoms with Gasteiger partial charge in [-0.15, -0.1) is 0 Å². The van der Waals surface area contributed by atoms with Gasteiger partial charge in [0.2, 0.25) is 0 Å². The third-order valence-electron chi connectivity index (χ3n) is 5.39. The summed E-state index contributed by atoms with van der Waals surface area (Å²) in [6.07, 6.45) is 0.0769. The Balaban J connectivity index is 2.29. The van der Waals surface area contributed by atoms with Gasteiger partial charge < -0.3 is 20.5 Å². The molecule has 8 heteroatoms. The topological polar surface area (TPSA) is 90.6 Å². The van der Waals surface area contributed by atoms with Crippen molar-refractivity contribution in [3.8, 4) is 11.1 Å². The number of carbonyl (C=O) groups is 2. The Morgan fingerprint density at radius 3 is 2.26 bits per heavy atom. The lowest BCUT2D eigenvalue weighted by Gasteiger charge is -2.32. The quantitative estimate of drug-likeness (QED) is 0.414. The Morgan fingerprint density at radius 1 is 1.09 bits per heavy atom. The molecule has 0 aliphatic heterocycles. The normalized spacial score (nSPS) is 13.6. The molecular formula is C27H36ClFN2O4. The van der Waals surface area contributed by atoms with Crippen molar-refractivity contribution in [3.63, 3.8) is 0 Å². The lowest BCUT2D eigenvalue weighted by Crippen LogP contribution is -2.50. The van der Waals surface area contributed by atoms with Crippen LogP contribution >= 0.6 is 11.6 Å². The number of halogens is 2. The molecule has 1 amide bonds. The highest BCUT2D eigenvalue weighted by atomic mass is 35.5. The van der Waals surface area contributed by atoms with Crippen molar-refractivity contribution in [2.24, 2.45) is 11.7 Å². The first-order valence-electron chi connectivity index (χ1n) is 11.7. The molecule has 0 heterocycles. The number of nitrogens with two attached hydrogens (primary N) is 1. The van der Waals surface area contributed by atoms with Crippen molar-refractivity contribution in [2.45, 2.75) is 71.6 Å². The average Bonchev–Trinajstić information content (AvgIpc) is 2.72. The largest absolute Gasteiger partial charge is 0.466 e. The van der Waals surface area contributed by atoms with Crippen molar-refractivity contribution >= 4 is 23.7 Å². The van der Waals surface area contributed by atoms with Gasteiger partial charge in [-0.3, -0.25) is 4.79 Å². The van der Waals surface area contributed by atoms with Gasteiger partial charge in [-0.05, 0) is 83.7 Å². The van der Waals surface area contributed by atoms with E-state index >= 15 is 0 Å². The SMILES string of the molecule is CCOC(=O)[C@@H](C[C@@H](Cc1ccc(-c2cc(Cl)ccc2F)cc1)NC(=O)OC(C)(C)C)C(C)(C)N. The van der Waals surface area contributed by atoms with Crippen LogP contribution in [0.1, 0.15) is 53.5 Å². The highest BCUT2D eigenvalue weighted by molar-refractivity contribution is 6.30. The molecule has 0 bridgehead atoms. The van der Waals surface area contributed by atoms with Gasteiger partial charge in [0, 0.05) is 22.2 Å². The predicted octanol–water partition coefficient (Wildman–Crippen LogP) is 5.89. The summed E-state index contributed by atoms with van der Waals surface area (Å²) in [6, 6.07) is 11.2. The van der Waals surface area contributed by atoms with Crippen LogP contribution in [0.4, 0.5) is 9.18 Å².